The summed E-state index contributed by atoms with van der Waals surface area (Å²) in [6.07, 6.45) is 2.82. The highest BCUT2D eigenvalue weighted by molar-refractivity contribution is 6.34. The van der Waals surface area contributed by atoms with Gasteiger partial charge in [-0.05, 0) is 42.8 Å². The van der Waals surface area contributed by atoms with Crippen molar-refractivity contribution in [3.63, 3.8) is 0 Å². The third kappa shape index (κ3) is 3.68. The van der Waals surface area contributed by atoms with E-state index in [1.54, 1.807) is 38.5 Å². The van der Waals surface area contributed by atoms with Crippen LogP contribution in [0.1, 0.15) is 26.3 Å². The Kier molecular flexibility index (Phi) is 4.96. The fourth-order valence-electron chi connectivity index (χ4n) is 2.54. The van der Waals surface area contributed by atoms with Gasteiger partial charge in [0.25, 0.3) is 17.4 Å². The van der Waals surface area contributed by atoms with Gasteiger partial charge in [-0.3, -0.25) is 18.8 Å². The standard InChI is InChI=1S/C19H17ClN4O3/c1-11-6-7-24-16(8-11)21-10-14(19(24)27)17(25)22-12-4-5-15(20)13(9-12)18(26)23(2)3/h4-10H,1-3H3,(H,22,25). The average Bonchev–Trinajstić information content (AvgIpc) is 2.62. The number of fused-ring (bicyclic) bond motifs is 1. The fraction of sp³-hybridized carbons (Fsp3) is 0.158. The minimum absolute atomic E-state index is 0.105. The highest BCUT2D eigenvalue weighted by Crippen LogP contribution is 2.22. The molecular formula is C19H17ClN4O3. The first-order chi connectivity index (χ1) is 12.8. The summed E-state index contributed by atoms with van der Waals surface area (Å²) in [7, 11) is 3.21. The molecule has 0 bridgehead atoms. The summed E-state index contributed by atoms with van der Waals surface area (Å²) in [6.45, 7) is 1.89. The van der Waals surface area contributed by atoms with Gasteiger partial charge in [0.15, 0.2) is 0 Å². The maximum absolute atomic E-state index is 12.6. The maximum atomic E-state index is 12.6. The van der Waals surface area contributed by atoms with Crippen LogP contribution in [-0.2, 0) is 0 Å². The Labute approximate surface area is 160 Å². The van der Waals surface area contributed by atoms with Crippen molar-refractivity contribution in [3.05, 3.63) is 74.8 Å². The van der Waals surface area contributed by atoms with E-state index in [-0.39, 0.29) is 22.1 Å². The van der Waals surface area contributed by atoms with Crippen molar-refractivity contribution in [2.45, 2.75) is 6.92 Å². The molecule has 1 aromatic carbocycles. The van der Waals surface area contributed by atoms with E-state index in [0.717, 1.165) is 5.56 Å². The lowest BCUT2D eigenvalue weighted by molar-refractivity contribution is 0.0827. The summed E-state index contributed by atoms with van der Waals surface area (Å²) in [4.78, 5) is 42.8. The Morgan fingerprint density at radius 3 is 2.59 bits per heavy atom. The van der Waals surface area contributed by atoms with E-state index >= 15 is 0 Å². The molecule has 138 valence electrons. The summed E-state index contributed by atoms with van der Waals surface area (Å²) in [5.41, 5.74) is 1.44. The van der Waals surface area contributed by atoms with Gasteiger partial charge >= 0.3 is 0 Å². The van der Waals surface area contributed by atoms with Crippen LogP contribution in [-0.4, -0.2) is 40.2 Å². The van der Waals surface area contributed by atoms with Crippen molar-refractivity contribution in [3.8, 4) is 0 Å². The molecule has 0 fully saturated rings. The van der Waals surface area contributed by atoms with Gasteiger partial charge in [-0.15, -0.1) is 0 Å². The molecule has 0 saturated heterocycles. The second kappa shape index (κ2) is 7.20. The first kappa shape index (κ1) is 18.6. The molecule has 3 aromatic rings. The molecule has 2 amide bonds. The number of hydrogen-bond acceptors (Lipinski definition) is 4. The number of halogens is 1. The van der Waals surface area contributed by atoms with Crippen LogP contribution in [0.5, 0.6) is 0 Å². The van der Waals surface area contributed by atoms with Crippen LogP contribution >= 0.6 is 11.6 Å². The fourth-order valence-corrected chi connectivity index (χ4v) is 2.74. The zero-order valence-electron chi connectivity index (χ0n) is 15.0. The number of nitrogens with zero attached hydrogens (tertiary/aromatic N) is 3. The quantitative estimate of drug-likeness (QED) is 0.752. The number of nitrogens with one attached hydrogen (secondary N) is 1. The number of amides is 2. The third-order valence-electron chi connectivity index (χ3n) is 3.97. The van der Waals surface area contributed by atoms with Crippen LogP contribution in [0.4, 0.5) is 5.69 Å². The molecule has 2 aromatic heterocycles. The zero-order valence-corrected chi connectivity index (χ0v) is 15.7. The number of aryl methyl sites for hydroxylation is 1. The number of benzene rings is 1. The first-order valence-electron chi connectivity index (χ1n) is 8.08. The number of pyridine rings is 1. The van der Waals surface area contributed by atoms with E-state index in [2.05, 4.69) is 10.3 Å². The van der Waals surface area contributed by atoms with Crippen molar-refractivity contribution in [1.82, 2.24) is 14.3 Å². The molecule has 27 heavy (non-hydrogen) atoms. The smallest absolute Gasteiger partial charge is 0.270 e. The largest absolute Gasteiger partial charge is 0.345 e. The van der Waals surface area contributed by atoms with Gasteiger partial charge in [0.05, 0.1) is 10.6 Å². The van der Waals surface area contributed by atoms with E-state index in [1.165, 1.54) is 27.6 Å². The molecule has 0 spiro atoms. The number of carbonyl (C=O) groups is 2. The summed E-state index contributed by atoms with van der Waals surface area (Å²) in [6, 6.07) is 8.06. The molecular weight excluding hydrogens is 368 g/mol. The van der Waals surface area contributed by atoms with Gasteiger partial charge in [0, 0.05) is 32.2 Å². The van der Waals surface area contributed by atoms with Crippen LogP contribution in [0.15, 0.2) is 47.5 Å². The summed E-state index contributed by atoms with van der Waals surface area (Å²) < 4.78 is 1.31. The molecule has 0 atom stereocenters. The highest BCUT2D eigenvalue weighted by Gasteiger charge is 2.17. The Morgan fingerprint density at radius 2 is 1.89 bits per heavy atom. The number of anilines is 1. The van der Waals surface area contributed by atoms with Gasteiger partial charge in [-0.1, -0.05) is 11.6 Å². The lowest BCUT2D eigenvalue weighted by Gasteiger charge is -2.13. The third-order valence-corrected chi connectivity index (χ3v) is 4.30. The number of aromatic nitrogens is 2. The van der Waals surface area contributed by atoms with E-state index < -0.39 is 11.5 Å². The Balaban J connectivity index is 1.94. The topological polar surface area (TPSA) is 83.8 Å². The van der Waals surface area contributed by atoms with Crippen LogP contribution in [0.3, 0.4) is 0 Å². The molecule has 8 heteroatoms. The Hall–Kier alpha value is -3.19. The summed E-state index contributed by atoms with van der Waals surface area (Å²) in [5.74, 6) is -0.910. The molecule has 0 aliphatic heterocycles. The van der Waals surface area contributed by atoms with E-state index in [9.17, 15) is 14.4 Å². The molecule has 0 saturated carbocycles. The highest BCUT2D eigenvalue weighted by atomic mass is 35.5. The number of rotatable bonds is 3. The molecule has 7 nitrogen and oxygen atoms in total. The van der Waals surface area contributed by atoms with Crippen LogP contribution in [0.25, 0.3) is 5.65 Å². The summed E-state index contributed by atoms with van der Waals surface area (Å²) >= 11 is 6.07. The van der Waals surface area contributed by atoms with Crippen molar-refractivity contribution >= 4 is 34.7 Å². The van der Waals surface area contributed by atoms with Crippen LogP contribution in [0, 0.1) is 6.92 Å². The number of hydrogen-bond donors (Lipinski definition) is 1. The van der Waals surface area contributed by atoms with Gasteiger partial charge in [-0.2, -0.15) is 0 Å². The van der Waals surface area contributed by atoms with Crippen molar-refractivity contribution < 1.29 is 9.59 Å². The predicted octanol–water partition coefficient (Wildman–Crippen LogP) is 2.61. The minimum Gasteiger partial charge on any atom is -0.345 e. The average molecular weight is 385 g/mol. The van der Waals surface area contributed by atoms with Crippen LogP contribution in [0.2, 0.25) is 5.02 Å². The Bertz CT molecular complexity index is 1120. The molecule has 0 unspecified atom stereocenters. The SMILES string of the molecule is Cc1ccn2c(=O)c(C(=O)Nc3ccc(Cl)c(C(=O)N(C)C)c3)cnc2c1. The van der Waals surface area contributed by atoms with Crippen LogP contribution < -0.4 is 10.9 Å². The molecule has 0 aliphatic rings. The lowest BCUT2D eigenvalue weighted by Crippen LogP contribution is -2.27. The van der Waals surface area contributed by atoms with Gasteiger partial charge in [0.2, 0.25) is 0 Å². The predicted molar refractivity (Wildman–Crippen MR) is 104 cm³/mol. The first-order valence-corrected chi connectivity index (χ1v) is 8.46. The van der Waals surface area contributed by atoms with Crippen molar-refractivity contribution in [2.24, 2.45) is 0 Å². The van der Waals surface area contributed by atoms with Crippen molar-refractivity contribution in [1.29, 1.82) is 0 Å². The van der Waals surface area contributed by atoms with Gasteiger partial charge in [-0.25, -0.2) is 4.98 Å². The molecule has 1 N–H and O–H groups in total. The monoisotopic (exact) mass is 384 g/mol. The minimum atomic E-state index is -0.618. The van der Waals surface area contributed by atoms with Gasteiger partial charge in [0.1, 0.15) is 11.2 Å². The normalized spacial score (nSPS) is 10.7. The van der Waals surface area contributed by atoms with E-state index in [1.807, 2.05) is 6.92 Å². The summed E-state index contributed by atoms with van der Waals surface area (Å²) in [5, 5.41) is 2.89. The second-order valence-corrected chi connectivity index (χ2v) is 6.66. The van der Waals surface area contributed by atoms with E-state index in [4.69, 9.17) is 11.6 Å². The molecule has 0 aliphatic carbocycles. The molecule has 2 heterocycles. The maximum Gasteiger partial charge on any atom is 0.270 e. The molecule has 3 rings (SSSR count). The van der Waals surface area contributed by atoms with Gasteiger partial charge < -0.3 is 10.2 Å². The lowest BCUT2D eigenvalue weighted by atomic mass is 10.1. The zero-order chi connectivity index (χ0) is 19.7. The Morgan fingerprint density at radius 1 is 1.15 bits per heavy atom. The second-order valence-electron chi connectivity index (χ2n) is 6.26. The molecule has 0 radical (unpaired) electrons. The van der Waals surface area contributed by atoms with E-state index in [0.29, 0.717) is 11.3 Å². The number of carbonyl (C=O) groups excluding carboxylic acids is 2. The van der Waals surface area contributed by atoms with Crippen molar-refractivity contribution in [2.75, 3.05) is 19.4 Å².